The fourth-order valence-corrected chi connectivity index (χ4v) is 2.47. The molecule has 0 aromatic carbocycles. The molecule has 0 saturated carbocycles. The van der Waals surface area contributed by atoms with Crippen LogP contribution in [0.1, 0.15) is 47.5 Å². The molecule has 4 heteroatoms. The molecule has 1 rings (SSSR count). The lowest BCUT2D eigenvalue weighted by Gasteiger charge is -2.37. The van der Waals surface area contributed by atoms with E-state index in [0.29, 0.717) is 13.1 Å². The quantitative estimate of drug-likeness (QED) is 0.762. The number of carbonyl (C=O) groups excluding carboxylic acids is 2. The first-order valence-corrected chi connectivity index (χ1v) is 6.73. The molecule has 1 fully saturated rings. The summed E-state index contributed by atoms with van der Waals surface area (Å²) in [6.45, 7) is 10.6. The highest BCUT2D eigenvalue weighted by atomic mass is 16.6. The van der Waals surface area contributed by atoms with Gasteiger partial charge in [-0.2, -0.15) is 0 Å². The van der Waals surface area contributed by atoms with Crippen LogP contribution in [0.2, 0.25) is 0 Å². The van der Waals surface area contributed by atoms with Crippen LogP contribution in [0.3, 0.4) is 0 Å². The van der Waals surface area contributed by atoms with Gasteiger partial charge in [0.2, 0.25) is 0 Å². The van der Waals surface area contributed by atoms with Gasteiger partial charge in [-0.05, 0) is 40.0 Å². The monoisotopic (exact) mass is 255 g/mol. The summed E-state index contributed by atoms with van der Waals surface area (Å²) in [5, 5.41) is 0. The van der Waals surface area contributed by atoms with E-state index >= 15 is 0 Å². The fourth-order valence-electron chi connectivity index (χ4n) is 2.47. The molecule has 104 valence electrons. The van der Waals surface area contributed by atoms with Gasteiger partial charge in [-0.3, -0.25) is 4.79 Å². The lowest BCUT2D eigenvalue weighted by atomic mass is 9.81. The summed E-state index contributed by atoms with van der Waals surface area (Å²) < 4.78 is 5.37. The third-order valence-corrected chi connectivity index (χ3v) is 3.43. The second kappa shape index (κ2) is 5.72. The largest absolute Gasteiger partial charge is 0.444 e. The molecule has 1 aliphatic heterocycles. The third-order valence-electron chi connectivity index (χ3n) is 3.43. The maximum Gasteiger partial charge on any atom is 0.410 e. The number of hydrogen-bond donors (Lipinski definition) is 0. The van der Waals surface area contributed by atoms with Gasteiger partial charge in [-0.25, -0.2) is 4.79 Å². The van der Waals surface area contributed by atoms with Gasteiger partial charge in [-0.15, -0.1) is 0 Å². The van der Waals surface area contributed by atoms with Gasteiger partial charge in [0.15, 0.2) is 0 Å². The smallest absolute Gasteiger partial charge is 0.410 e. The Morgan fingerprint density at radius 2 is 1.94 bits per heavy atom. The maximum absolute atomic E-state index is 12.0. The molecule has 0 radical (unpaired) electrons. The highest BCUT2D eigenvalue weighted by Crippen LogP contribution is 2.27. The second-order valence-electron chi connectivity index (χ2n) is 6.10. The Labute approximate surface area is 110 Å². The van der Waals surface area contributed by atoms with Crippen LogP contribution in [-0.2, 0) is 9.53 Å². The van der Waals surface area contributed by atoms with Crippen molar-refractivity contribution in [1.82, 2.24) is 4.90 Å². The molecule has 1 amide bonds. The van der Waals surface area contributed by atoms with E-state index in [1.807, 2.05) is 20.8 Å². The van der Waals surface area contributed by atoms with Gasteiger partial charge < -0.3 is 9.64 Å². The van der Waals surface area contributed by atoms with Crippen LogP contribution in [0, 0.1) is 11.8 Å². The summed E-state index contributed by atoms with van der Waals surface area (Å²) in [4.78, 5) is 25.2. The summed E-state index contributed by atoms with van der Waals surface area (Å²) in [6.07, 6.45) is 1.42. The Morgan fingerprint density at radius 1 is 1.33 bits per heavy atom. The molecule has 1 aliphatic rings. The predicted octanol–water partition coefficient (Wildman–Crippen LogP) is 2.86. The van der Waals surface area contributed by atoms with Gasteiger partial charge in [0.25, 0.3) is 0 Å². The zero-order valence-electron chi connectivity index (χ0n) is 12.2. The van der Waals surface area contributed by atoms with Crippen molar-refractivity contribution in [3.63, 3.8) is 0 Å². The minimum absolute atomic E-state index is 0.105. The first-order chi connectivity index (χ1) is 8.24. The molecular weight excluding hydrogens is 230 g/mol. The van der Waals surface area contributed by atoms with Crippen molar-refractivity contribution in [2.24, 2.45) is 11.8 Å². The lowest BCUT2D eigenvalue weighted by Crippen LogP contribution is -2.47. The number of ketones is 1. The lowest BCUT2D eigenvalue weighted by molar-refractivity contribution is -0.124. The Kier molecular flexibility index (Phi) is 4.77. The fraction of sp³-hybridized carbons (Fsp3) is 0.857. The van der Waals surface area contributed by atoms with E-state index in [1.54, 1.807) is 11.8 Å². The zero-order valence-corrected chi connectivity index (χ0v) is 12.2. The molecule has 0 aromatic rings. The Bertz CT molecular complexity index is 319. The highest BCUT2D eigenvalue weighted by molar-refractivity contribution is 5.79. The van der Waals surface area contributed by atoms with E-state index in [9.17, 15) is 9.59 Å². The van der Waals surface area contributed by atoms with E-state index in [1.165, 1.54) is 0 Å². The first-order valence-electron chi connectivity index (χ1n) is 6.73. The second-order valence-corrected chi connectivity index (χ2v) is 6.10. The summed E-state index contributed by atoms with van der Waals surface area (Å²) >= 11 is 0. The van der Waals surface area contributed by atoms with Crippen molar-refractivity contribution in [2.75, 3.05) is 13.1 Å². The van der Waals surface area contributed by atoms with Gasteiger partial charge in [0.05, 0.1) is 0 Å². The number of ether oxygens (including phenoxy) is 1. The van der Waals surface area contributed by atoms with E-state index in [-0.39, 0.29) is 23.7 Å². The number of likely N-dealkylation sites (tertiary alicyclic amines) is 1. The van der Waals surface area contributed by atoms with Gasteiger partial charge in [-0.1, -0.05) is 13.3 Å². The molecule has 2 unspecified atom stereocenters. The molecule has 0 bridgehead atoms. The SMILES string of the molecule is CCC1CN(C(=O)OC(C)(C)C)CCC1C(C)=O. The normalized spacial score (nSPS) is 24.8. The maximum atomic E-state index is 12.0. The van der Waals surface area contributed by atoms with Crippen molar-refractivity contribution in [3.05, 3.63) is 0 Å². The van der Waals surface area contributed by atoms with E-state index in [0.717, 1.165) is 12.8 Å². The van der Waals surface area contributed by atoms with Crippen LogP contribution in [0.25, 0.3) is 0 Å². The van der Waals surface area contributed by atoms with Crippen LogP contribution in [-0.4, -0.2) is 35.5 Å². The molecule has 18 heavy (non-hydrogen) atoms. The number of nitrogens with zero attached hydrogens (tertiary/aromatic N) is 1. The minimum atomic E-state index is -0.462. The number of rotatable bonds is 2. The molecule has 0 spiro atoms. The molecular formula is C14H25NO3. The van der Waals surface area contributed by atoms with Crippen LogP contribution in [0.15, 0.2) is 0 Å². The topological polar surface area (TPSA) is 46.6 Å². The minimum Gasteiger partial charge on any atom is -0.444 e. The van der Waals surface area contributed by atoms with Crippen molar-refractivity contribution >= 4 is 11.9 Å². The Balaban J connectivity index is 2.62. The molecule has 0 aliphatic carbocycles. The molecule has 1 saturated heterocycles. The molecule has 1 heterocycles. The average Bonchev–Trinajstić information content (AvgIpc) is 2.25. The van der Waals surface area contributed by atoms with E-state index < -0.39 is 5.60 Å². The molecule has 0 aromatic heterocycles. The standard InChI is InChI=1S/C14H25NO3/c1-6-11-9-15(8-7-12(11)10(2)16)13(17)18-14(3,4)5/h11-12H,6-9H2,1-5H3. The number of piperidine rings is 1. The Hall–Kier alpha value is -1.06. The van der Waals surface area contributed by atoms with Crippen molar-refractivity contribution in [1.29, 1.82) is 0 Å². The van der Waals surface area contributed by atoms with Crippen LogP contribution < -0.4 is 0 Å². The predicted molar refractivity (Wildman–Crippen MR) is 70.4 cm³/mol. The third kappa shape index (κ3) is 4.00. The summed E-state index contributed by atoms with van der Waals surface area (Å²) in [6, 6.07) is 0. The molecule has 4 nitrogen and oxygen atoms in total. The van der Waals surface area contributed by atoms with E-state index in [4.69, 9.17) is 4.74 Å². The van der Waals surface area contributed by atoms with E-state index in [2.05, 4.69) is 6.92 Å². The van der Waals surface area contributed by atoms with Crippen molar-refractivity contribution < 1.29 is 14.3 Å². The Morgan fingerprint density at radius 3 is 2.39 bits per heavy atom. The highest BCUT2D eigenvalue weighted by Gasteiger charge is 2.34. The molecule has 0 N–H and O–H groups in total. The number of amides is 1. The molecule has 2 atom stereocenters. The number of Topliss-reactive ketones (excluding diaryl/α,β-unsaturated/α-hetero) is 1. The average molecular weight is 255 g/mol. The van der Waals surface area contributed by atoms with Crippen LogP contribution >= 0.6 is 0 Å². The van der Waals surface area contributed by atoms with Crippen molar-refractivity contribution in [2.45, 2.75) is 53.1 Å². The summed E-state index contributed by atoms with van der Waals surface area (Å²) in [7, 11) is 0. The van der Waals surface area contributed by atoms with Gasteiger partial charge >= 0.3 is 6.09 Å². The zero-order chi connectivity index (χ0) is 13.9. The van der Waals surface area contributed by atoms with Crippen LogP contribution in [0.4, 0.5) is 4.79 Å². The van der Waals surface area contributed by atoms with Crippen LogP contribution in [0.5, 0.6) is 0 Å². The van der Waals surface area contributed by atoms with Gasteiger partial charge in [0.1, 0.15) is 11.4 Å². The summed E-state index contributed by atoms with van der Waals surface area (Å²) in [5.74, 6) is 0.614. The first kappa shape index (κ1) is 15.0. The van der Waals surface area contributed by atoms with Gasteiger partial charge in [0, 0.05) is 19.0 Å². The number of carbonyl (C=O) groups is 2. The number of hydrogen-bond acceptors (Lipinski definition) is 3. The summed E-state index contributed by atoms with van der Waals surface area (Å²) in [5.41, 5.74) is -0.462. The van der Waals surface area contributed by atoms with Crippen molar-refractivity contribution in [3.8, 4) is 0 Å².